The smallest absolute Gasteiger partial charge is 0.227 e. The number of aliphatic hydroxyl groups is 1. The van der Waals surface area contributed by atoms with E-state index < -0.39 is 17.2 Å². The minimum atomic E-state index is -1.06. The van der Waals surface area contributed by atoms with Gasteiger partial charge in [0.05, 0.1) is 12.0 Å². The molecule has 0 unspecified atom stereocenters. The van der Waals surface area contributed by atoms with Gasteiger partial charge in [0, 0.05) is 13.1 Å². The Balaban J connectivity index is 2.15. The van der Waals surface area contributed by atoms with Crippen LogP contribution in [0, 0.1) is 11.6 Å². The first kappa shape index (κ1) is 18.1. The van der Waals surface area contributed by atoms with Gasteiger partial charge in [0.25, 0.3) is 0 Å². The Hall–Kier alpha value is -2.27. The maximum atomic E-state index is 13.3. The van der Waals surface area contributed by atoms with E-state index in [9.17, 15) is 18.7 Å². The molecular formula is C19H21F2NO2. The van der Waals surface area contributed by atoms with Crippen molar-refractivity contribution in [3.63, 3.8) is 0 Å². The summed E-state index contributed by atoms with van der Waals surface area (Å²) < 4.78 is 26.3. The van der Waals surface area contributed by atoms with Gasteiger partial charge in [-0.15, -0.1) is 0 Å². The second-order valence-electron chi connectivity index (χ2n) is 6.47. The molecule has 0 saturated heterocycles. The van der Waals surface area contributed by atoms with Gasteiger partial charge < -0.3 is 10.0 Å². The lowest BCUT2D eigenvalue weighted by Gasteiger charge is -2.29. The van der Waals surface area contributed by atoms with E-state index in [-0.39, 0.29) is 18.9 Å². The van der Waals surface area contributed by atoms with Crippen LogP contribution in [0.1, 0.15) is 25.0 Å². The average molecular weight is 333 g/mol. The molecule has 1 amide bonds. The van der Waals surface area contributed by atoms with Gasteiger partial charge in [-0.25, -0.2) is 8.78 Å². The first-order valence-corrected chi connectivity index (χ1v) is 7.72. The molecule has 0 fully saturated rings. The van der Waals surface area contributed by atoms with Crippen LogP contribution >= 0.6 is 0 Å². The molecule has 0 radical (unpaired) electrons. The lowest BCUT2D eigenvalue weighted by atomic mass is 10.1. The monoisotopic (exact) mass is 333 g/mol. The molecule has 0 bridgehead atoms. The molecule has 2 rings (SSSR count). The number of amides is 1. The topological polar surface area (TPSA) is 40.5 Å². The van der Waals surface area contributed by atoms with Gasteiger partial charge >= 0.3 is 0 Å². The number of rotatable bonds is 6. The van der Waals surface area contributed by atoms with E-state index >= 15 is 0 Å². The summed E-state index contributed by atoms with van der Waals surface area (Å²) in [6.07, 6.45) is -0.0554. The number of benzene rings is 2. The Morgan fingerprint density at radius 3 is 2.29 bits per heavy atom. The van der Waals surface area contributed by atoms with Crippen LogP contribution in [-0.4, -0.2) is 28.1 Å². The van der Waals surface area contributed by atoms with Crippen LogP contribution in [0.2, 0.25) is 0 Å². The largest absolute Gasteiger partial charge is 0.389 e. The van der Waals surface area contributed by atoms with Crippen molar-refractivity contribution in [3.8, 4) is 0 Å². The molecule has 128 valence electrons. The molecule has 0 aliphatic heterocycles. The van der Waals surface area contributed by atoms with Crippen molar-refractivity contribution in [2.75, 3.05) is 6.54 Å². The summed E-state index contributed by atoms with van der Waals surface area (Å²) in [5.41, 5.74) is 0.270. The highest BCUT2D eigenvalue weighted by Crippen LogP contribution is 2.14. The van der Waals surface area contributed by atoms with Crippen molar-refractivity contribution >= 4 is 5.91 Å². The number of carbonyl (C=O) groups is 1. The van der Waals surface area contributed by atoms with Crippen LogP contribution < -0.4 is 0 Å². The van der Waals surface area contributed by atoms with E-state index in [2.05, 4.69) is 0 Å². The SMILES string of the molecule is CC(C)(O)CN(Cc1ccccc1)C(=O)Cc1ccc(F)c(F)c1. The van der Waals surface area contributed by atoms with E-state index in [0.717, 1.165) is 17.7 Å². The molecule has 1 N–H and O–H groups in total. The van der Waals surface area contributed by atoms with Crippen molar-refractivity contribution < 1.29 is 18.7 Å². The molecule has 0 saturated carbocycles. The average Bonchev–Trinajstić information content (AvgIpc) is 2.50. The third kappa shape index (κ3) is 5.42. The Kier molecular flexibility index (Phi) is 5.67. The maximum Gasteiger partial charge on any atom is 0.227 e. The summed E-state index contributed by atoms with van der Waals surface area (Å²) in [5.74, 6) is -2.17. The molecule has 2 aromatic carbocycles. The fourth-order valence-electron chi connectivity index (χ4n) is 2.44. The third-order valence-electron chi connectivity index (χ3n) is 3.49. The molecule has 5 heteroatoms. The highest BCUT2D eigenvalue weighted by atomic mass is 19.2. The molecule has 24 heavy (non-hydrogen) atoms. The quantitative estimate of drug-likeness (QED) is 0.881. The van der Waals surface area contributed by atoms with Crippen LogP contribution in [0.15, 0.2) is 48.5 Å². The number of hydrogen-bond donors (Lipinski definition) is 1. The van der Waals surface area contributed by atoms with Crippen molar-refractivity contribution in [3.05, 3.63) is 71.3 Å². The highest BCUT2D eigenvalue weighted by molar-refractivity contribution is 5.78. The minimum absolute atomic E-state index is 0.0554. The standard InChI is InChI=1S/C19H21F2NO2/c1-19(2,24)13-22(12-14-6-4-3-5-7-14)18(23)11-15-8-9-16(20)17(21)10-15/h3-10,24H,11-13H2,1-2H3. The number of halogens is 2. The Morgan fingerprint density at radius 1 is 1.04 bits per heavy atom. The van der Waals surface area contributed by atoms with Crippen molar-refractivity contribution in [1.29, 1.82) is 0 Å². The summed E-state index contributed by atoms with van der Waals surface area (Å²) >= 11 is 0. The van der Waals surface area contributed by atoms with Crippen molar-refractivity contribution in [2.45, 2.75) is 32.4 Å². The number of nitrogens with zero attached hydrogens (tertiary/aromatic N) is 1. The van der Waals surface area contributed by atoms with Gasteiger partial charge in [-0.1, -0.05) is 36.4 Å². The fraction of sp³-hybridized carbons (Fsp3) is 0.316. The summed E-state index contributed by atoms with van der Waals surface area (Å²) in [7, 11) is 0. The maximum absolute atomic E-state index is 13.3. The van der Waals surface area contributed by atoms with Crippen LogP contribution in [0.4, 0.5) is 8.78 Å². The zero-order valence-corrected chi connectivity index (χ0v) is 13.8. The van der Waals surface area contributed by atoms with Gasteiger partial charge in [-0.3, -0.25) is 4.79 Å². The minimum Gasteiger partial charge on any atom is -0.389 e. The van der Waals surface area contributed by atoms with Crippen LogP contribution in [0.25, 0.3) is 0 Å². The summed E-state index contributed by atoms with van der Waals surface area (Å²) in [6, 6.07) is 12.8. The van der Waals surface area contributed by atoms with Gasteiger partial charge in [-0.2, -0.15) is 0 Å². The summed E-state index contributed by atoms with van der Waals surface area (Å²) in [5, 5.41) is 10.1. The van der Waals surface area contributed by atoms with E-state index in [1.54, 1.807) is 13.8 Å². The molecular weight excluding hydrogens is 312 g/mol. The van der Waals surface area contributed by atoms with Gasteiger partial charge in [0.15, 0.2) is 11.6 Å². The molecule has 0 atom stereocenters. The van der Waals surface area contributed by atoms with E-state index in [1.165, 1.54) is 11.0 Å². The highest BCUT2D eigenvalue weighted by Gasteiger charge is 2.23. The second-order valence-corrected chi connectivity index (χ2v) is 6.47. The van der Waals surface area contributed by atoms with Crippen LogP contribution in [-0.2, 0) is 17.8 Å². The number of carbonyl (C=O) groups excluding carboxylic acids is 1. The first-order chi connectivity index (χ1) is 11.2. The zero-order chi connectivity index (χ0) is 17.7. The van der Waals surface area contributed by atoms with E-state index in [4.69, 9.17) is 0 Å². The molecule has 0 aliphatic rings. The molecule has 0 heterocycles. The lowest BCUT2D eigenvalue weighted by Crippen LogP contribution is -2.42. The normalized spacial score (nSPS) is 11.4. The molecule has 0 aliphatic carbocycles. The van der Waals surface area contributed by atoms with Gasteiger partial charge in [0.1, 0.15) is 0 Å². The predicted molar refractivity (Wildman–Crippen MR) is 88.2 cm³/mol. The van der Waals surface area contributed by atoms with Crippen molar-refractivity contribution in [2.24, 2.45) is 0 Å². The number of hydrogen-bond acceptors (Lipinski definition) is 2. The predicted octanol–water partition coefficient (Wildman–Crippen LogP) is 3.31. The fourth-order valence-corrected chi connectivity index (χ4v) is 2.44. The van der Waals surface area contributed by atoms with Crippen molar-refractivity contribution in [1.82, 2.24) is 4.90 Å². The summed E-state index contributed by atoms with van der Waals surface area (Å²) in [4.78, 5) is 14.1. The first-order valence-electron chi connectivity index (χ1n) is 7.72. The van der Waals surface area contributed by atoms with E-state index in [1.807, 2.05) is 30.3 Å². The molecule has 0 aromatic heterocycles. The Labute approximate surface area is 140 Å². The lowest BCUT2D eigenvalue weighted by molar-refractivity contribution is -0.134. The molecule has 3 nitrogen and oxygen atoms in total. The molecule has 2 aromatic rings. The zero-order valence-electron chi connectivity index (χ0n) is 13.8. The van der Waals surface area contributed by atoms with Gasteiger partial charge in [0.2, 0.25) is 5.91 Å². The van der Waals surface area contributed by atoms with Crippen LogP contribution in [0.5, 0.6) is 0 Å². The Bertz CT molecular complexity index is 696. The third-order valence-corrected chi connectivity index (χ3v) is 3.49. The van der Waals surface area contributed by atoms with Gasteiger partial charge in [-0.05, 0) is 37.1 Å². The van der Waals surface area contributed by atoms with E-state index in [0.29, 0.717) is 12.1 Å². The van der Waals surface area contributed by atoms with Crippen LogP contribution in [0.3, 0.4) is 0 Å². The second kappa shape index (κ2) is 7.53. The summed E-state index contributed by atoms with van der Waals surface area (Å²) in [6.45, 7) is 3.73. The Morgan fingerprint density at radius 2 is 1.71 bits per heavy atom. The molecule has 0 spiro atoms.